The molecule has 0 atom stereocenters. The predicted molar refractivity (Wildman–Crippen MR) is 79.6 cm³/mol. The lowest BCUT2D eigenvalue weighted by Gasteiger charge is -2.10. The maximum atomic E-state index is 12.4. The first-order chi connectivity index (χ1) is 9.33. The summed E-state index contributed by atoms with van der Waals surface area (Å²) in [5.74, 6) is 0. The van der Waals surface area contributed by atoms with E-state index in [0.29, 0.717) is 22.9 Å². The Morgan fingerprint density at radius 1 is 1.35 bits per heavy atom. The Balaban J connectivity index is 2.40. The van der Waals surface area contributed by atoms with E-state index in [4.69, 9.17) is 11.6 Å². The average molecular weight is 314 g/mol. The van der Waals surface area contributed by atoms with Crippen LogP contribution in [0.5, 0.6) is 0 Å². The molecule has 1 heterocycles. The van der Waals surface area contributed by atoms with E-state index in [9.17, 15) is 8.42 Å². The number of anilines is 1. The quantitative estimate of drug-likeness (QED) is 0.943. The molecule has 0 saturated carbocycles. The molecule has 108 valence electrons. The number of hydrogen-bond acceptors (Lipinski definition) is 3. The molecular formula is C13H16ClN3O2S. The predicted octanol–water partition coefficient (Wildman–Crippen LogP) is 2.97. The monoisotopic (exact) mass is 313 g/mol. The third kappa shape index (κ3) is 2.96. The third-order valence-corrected chi connectivity index (χ3v) is 4.66. The second-order valence-electron chi connectivity index (χ2n) is 4.50. The normalized spacial score (nSPS) is 11.6. The van der Waals surface area contributed by atoms with Gasteiger partial charge in [-0.05, 0) is 38.5 Å². The first-order valence-corrected chi connectivity index (χ1v) is 8.02. The van der Waals surface area contributed by atoms with Crippen molar-refractivity contribution in [2.24, 2.45) is 0 Å². The molecule has 0 fully saturated rings. The molecule has 0 aliphatic carbocycles. The zero-order valence-electron chi connectivity index (χ0n) is 11.5. The number of rotatable bonds is 4. The molecule has 0 radical (unpaired) electrons. The van der Waals surface area contributed by atoms with Crippen molar-refractivity contribution in [1.82, 2.24) is 9.78 Å². The molecule has 0 unspecified atom stereocenters. The first kappa shape index (κ1) is 14.9. The van der Waals surface area contributed by atoms with E-state index in [1.165, 1.54) is 6.20 Å². The zero-order valence-corrected chi connectivity index (χ0v) is 13.1. The van der Waals surface area contributed by atoms with Crippen molar-refractivity contribution in [3.8, 4) is 0 Å². The molecule has 20 heavy (non-hydrogen) atoms. The van der Waals surface area contributed by atoms with Gasteiger partial charge < -0.3 is 0 Å². The molecule has 0 spiro atoms. The van der Waals surface area contributed by atoms with E-state index in [1.54, 1.807) is 29.8 Å². The fourth-order valence-corrected chi connectivity index (χ4v) is 3.31. The number of aryl methyl sites for hydroxylation is 3. The van der Waals surface area contributed by atoms with Gasteiger partial charge in [0.2, 0.25) is 0 Å². The van der Waals surface area contributed by atoms with E-state index >= 15 is 0 Å². The number of benzene rings is 1. The molecule has 0 amide bonds. The van der Waals surface area contributed by atoms with Gasteiger partial charge in [-0.3, -0.25) is 9.40 Å². The summed E-state index contributed by atoms with van der Waals surface area (Å²) in [7, 11) is -3.66. The Hall–Kier alpha value is -1.53. The number of halogens is 1. The third-order valence-electron chi connectivity index (χ3n) is 2.96. The standard InChI is InChI=1S/C13H16ClN3O2S/c1-4-17-8-13(10(3)15-17)20(18,19)16-12-7-11(14)6-5-9(12)2/h5-8,16H,4H2,1-3H3. The number of nitrogens with zero attached hydrogens (tertiary/aromatic N) is 2. The molecule has 2 rings (SSSR count). The summed E-state index contributed by atoms with van der Waals surface area (Å²) in [4.78, 5) is 0.179. The van der Waals surface area contributed by atoms with Gasteiger partial charge in [0.15, 0.2) is 0 Å². The number of hydrogen-bond donors (Lipinski definition) is 1. The van der Waals surface area contributed by atoms with Crippen LogP contribution in [-0.2, 0) is 16.6 Å². The molecule has 1 aromatic carbocycles. The summed E-state index contributed by atoms with van der Waals surface area (Å²) in [5, 5.41) is 4.63. The number of sulfonamides is 1. The van der Waals surface area contributed by atoms with Crippen LogP contribution in [-0.4, -0.2) is 18.2 Å². The fraction of sp³-hybridized carbons (Fsp3) is 0.308. The Kier molecular flexibility index (Phi) is 4.06. The van der Waals surface area contributed by atoms with Crippen LogP contribution >= 0.6 is 11.6 Å². The van der Waals surface area contributed by atoms with E-state index < -0.39 is 10.0 Å². The van der Waals surface area contributed by atoms with Gasteiger partial charge in [-0.1, -0.05) is 17.7 Å². The van der Waals surface area contributed by atoms with Crippen molar-refractivity contribution in [3.63, 3.8) is 0 Å². The average Bonchev–Trinajstić information content (AvgIpc) is 2.76. The molecule has 0 saturated heterocycles. The van der Waals surface area contributed by atoms with Crippen LogP contribution in [0, 0.1) is 13.8 Å². The molecule has 1 aromatic heterocycles. The van der Waals surface area contributed by atoms with Gasteiger partial charge in [0.1, 0.15) is 4.90 Å². The van der Waals surface area contributed by atoms with Crippen molar-refractivity contribution >= 4 is 27.3 Å². The van der Waals surface area contributed by atoms with Gasteiger partial charge >= 0.3 is 0 Å². The zero-order chi connectivity index (χ0) is 14.9. The Morgan fingerprint density at radius 2 is 2.05 bits per heavy atom. The van der Waals surface area contributed by atoms with Gasteiger partial charge in [-0.25, -0.2) is 8.42 Å². The van der Waals surface area contributed by atoms with Crippen molar-refractivity contribution in [2.45, 2.75) is 32.2 Å². The summed E-state index contributed by atoms with van der Waals surface area (Å²) >= 11 is 5.90. The summed E-state index contributed by atoms with van der Waals surface area (Å²) in [6, 6.07) is 5.07. The van der Waals surface area contributed by atoms with E-state index in [-0.39, 0.29) is 4.90 Å². The Labute approximate surface area is 123 Å². The molecular weight excluding hydrogens is 298 g/mol. The second kappa shape index (κ2) is 5.46. The molecule has 7 heteroatoms. The Morgan fingerprint density at radius 3 is 2.65 bits per heavy atom. The largest absolute Gasteiger partial charge is 0.279 e. The molecule has 5 nitrogen and oxygen atoms in total. The van der Waals surface area contributed by atoms with Crippen molar-refractivity contribution in [3.05, 3.63) is 40.7 Å². The van der Waals surface area contributed by atoms with Crippen LogP contribution in [0.3, 0.4) is 0 Å². The molecule has 0 aliphatic rings. The van der Waals surface area contributed by atoms with Gasteiger partial charge in [0.25, 0.3) is 10.0 Å². The first-order valence-electron chi connectivity index (χ1n) is 6.16. The molecule has 0 bridgehead atoms. The lowest BCUT2D eigenvalue weighted by Crippen LogP contribution is -2.14. The van der Waals surface area contributed by atoms with Gasteiger partial charge in [-0.2, -0.15) is 5.10 Å². The highest BCUT2D eigenvalue weighted by molar-refractivity contribution is 7.92. The number of nitrogens with one attached hydrogen (secondary N) is 1. The lowest BCUT2D eigenvalue weighted by atomic mass is 10.2. The van der Waals surface area contributed by atoms with Gasteiger partial charge in [0, 0.05) is 17.8 Å². The minimum Gasteiger partial charge on any atom is -0.279 e. The highest BCUT2D eigenvalue weighted by atomic mass is 35.5. The van der Waals surface area contributed by atoms with Crippen molar-refractivity contribution in [2.75, 3.05) is 4.72 Å². The summed E-state index contributed by atoms with van der Waals surface area (Å²) < 4.78 is 29.0. The van der Waals surface area contributed by atoms with Gasteiger partial charge in [-0.15, -0.1) is 0 Å². The molecule has 0 aliphatic heterocycles. The van der Waals surface area contributed by atoms with E-state index in [0.717, 1.165) is 5.56 Å². The smallest absolute Gasteiger partial charge is 0.265 e. The maximum absolute atomic E-state index is 12.4. The summed E-state index contributed by atoms with van der Waals surface area (Å²) in [6.45, 7) is 6.01. The van der Waals surface area contributed by atoms with Crippen LogP contribution < -0.4 is 4.72 Å². The Bertz CT molecular complexity index is 738. The van der Waals surface area contributed by atoms with Crippen molar-refractivity contribution < 1.29 is 8.42 Å². The maximum Gasteiger partial charge on any atom is 0.265 e. The van der Waals surface area contributed by atoms with Crippen LogP contribution in [0.4, 0.5) is 5.69 Å². The minimum atomic E-state index is -3.66. The van der Waals surface area contributed by atoms with Crippen LogP contribution in [0.15, 0.2) is 29.3 Å². The minimum absolute atomic E-state index is 0.179. The van der Waals surface area contributed by atoms with E-state index in [1.807, 2.05) is 13.8 Å². The highest BCUT2D eigenvalue weighted by Crippen LogP contribution is 2.24. The SMILES string of the molecule is CCn1cc(S(=O)(=O)Nc2cc(Cl)ccc2C)c(C)n1. The van der Waals surface area contributed by atoms with Crippen molar-refractivity contribution in [1.29, 1.82) is 0 Å². The second-order valence-corrected chi connectivity index (χ2v) is 6.59. The summed E-state index contributed by atoms with van der Waals surface area (Å²) in [5.41, 5.74) is 1.75. The van der Waals surface area contributed by atoms with Crippen LogP contribution in [0.2, 0.25) is 5.02 Å². The van der Waals surface area contributed by atoms with Gasteiger partial charge in [0.05, 0.1) is 11.4 Å². The van der Waals surface area contributed by atoms with Crippen LogP contribution in [0.25, 0.3) is 0 Å². The molecule has 2 aromatic rings. The fourth-order valence-electron chi connectivity index (χ4n) is 1.83. The van der Waals surface area contributed by atoms with Crippen LogP contribution in [0.1, 0.15) is 18.2 Å². The topological polar surface area (TPSA) is 64.0 Å². The van der Waals surface area contributed by atoms with E-state index in [2.05, 4.69) is 9.82 Å². The lowest BCUT2D eigenvalue weighted by molar-refractivity contribution is 0.600. The number of aromatic nitrogens is 2. The summed E-state index contributed by atoms with van der Waals surface area (Å²) in [6.07, 6.45) is 1.53. The molecule has 1 N–H and O–H groups in total. The highest BCUT2D eigenvalue weighted by Gasteiger charge is 2.21.